The summed E-state index contributed by atoms with van der Waals surface area (Å²) in [5, 5.41) is 8.44. The minimum absolute atomic E-state index is 0.0780. The van der Waals surface area contributed by atoms with E-state index in [9.17, 15) is 18.0 Å². The van der Waals surface area contributed by atoms with Gasteiger partial charge in [0.1, 0.15) is 11.5 Å². The second kappa shape index (κ2) is 5.44. The van der Waals surface area contributed by atoms with Crippen molar-refractivity contribution in [1.82, 2.24) is 0 Å². The summed E-state index contributed by atoms with van der Waals surface area (Å²) in [7, 11) is 1.25. The molecule has 0 saturated heterocycles. The van der Waals surface area contributed by atoms with E-state index < -0.39 is 18.1 Å². The van der Waals surface area contributed by atoms with Crippen LogP contribution in [0.5, 0.6) is 11.5 Å². The molecule has 4 nitrogen and oxygen atoms in total. The third kappa shape index (κ3) is 4.36. The van der Waals surface area contributed by atoms with Gasteiger partial charge in [-0.2, -0.15) is 0 Å². The van der Waals surface area contributed by atoms with Crippen molar-refractivity contribution < 1.29 is 32.5 Å². The number of aliphatic carboxylic acids is 1. The molecular formula is C11H9F3O4. The number of methoxy groups -OCH3 is 1. The lowest BCUT2D eigenvalue weighted by Crippen LogP contribution is -2.17. The second-order valence-electron chi connectivity index (χ2n) is 3.12. The highest BCUT2D eigenvalue weighted by Crippen LogP contribution is 2.29. The molecule has 0 saturated carbocycles. The van der Waals surface area contributed by atoms with Crippen molar-refractivity contribution in [3.05, 3.63) is 29.8 Å². The number of alkyl halides is 3. The van der Waals surface area contributed by atoms with E-state index in [1.807, 2.05) is 0 Å². The van der Waals surface area contributed by atoms with Crippen LogP contribution in [-0.4, -0.2) is 24.5 Å². The number of ether oxygens (including phenoxy) is 2. The van der Waals surface area contributed by atoms with Gasteiger partial charge in [0.25, 0.3) is 0 Å². The van der Waals surface area contributed by atoms with Gasteiger partial charge in [0.05, 0.1) is 7.11 Å². The van der Waals surface area contributed by atoms with Gasteiger partial charge in [0.15, 0.2) is 0 Å². The average molecular weight is 262 g/mol. The standard InChI is InChI=1S/C11H9F3O4/c1-17-9-6-8(18-11(12,13)14)4-2-7(9)3-5-10(15)16/h2-6H,1H3,(H,15,16). The van der Waals surface area contributed by atoms with Crippen LogP contribution in [0.4, 0.5) is 13.2 Å². The van der Waals surface area contributed by atoms with E-state index in [0.29, 0.717) is 5.56 Å². The molecule has 0 fully saturated rings. The Hall–Kier alpha value is -2.18. The Bertz CT molecular complexity index is 466. The summed E-state index contributed by atoms with van der Waals surface area (Å²) in [5.41, 5.74) is 0.328. The van der Waals surface area contributed by atoms with Crippen molar-refractivity contribution in [1.29, 1.82) is 0 Å². The largest absolute Gasteiger partial charge is 0.573 e. The van der Waals surface area contributed by atoms with Crippen LogP contribution in [0.2, 0.25) is 0 Å². The zero-order valence-electron chi connectivity index (χ0n) is 9.19. The van der Waals surface area contributed by atoms with Crippen molar-refractivity contribution in [3.63, 3.8) is 0 Å². The fourth-order valence-corrected chi connectivity index (χ4v) is 1.19. The SMILES string of the molecule is COc1cc(OC(F)(F)F)ccc1C=CC(=O)O. The highest BCUT2D eigenvalue weighted by molar-refractivity contribution is 5.86. The van der Waals surface area contributed by atoms with E-state index in [-0.39, 0.29) is 5.75 Å². The molecule has 0 atom stereocenters. The molecule has 7 heteroatoms. The highest BCUT2D eigenvalue weighted by atomic mass is 19.4. The number of carboxylic acid groups (broad SMARTS) is 1. The molecule has 0 aliphatic heterocycles. The van der Waals surface area contributed by atoms with E-state index in [2.05, 4.69) is 4.74 Å². The van der Waals surface area contributed by atoms with Gasteiger partial charge in [-0.05, 0) is 18.2 Å². The number of rotatable bonds is 4. The molecule has 0 bridgehead atoms. The minimum atomic E-state index is -4.79. The number of benzene rings is 1. The van der Waals surface area contributed by atoms with E-state index in [0.717, 1.165) is 18.2 Å². The van der Waals surface area contributed by atoms with Crippen molar-refractivity contribution in [2.45, 2.75) is 6.36 Å². The Balaban J connectivity index is 3.00. The summed E-state index contributed by atoms with van der Waals surface area (Å²) in [5.74, 6) is -1.53. The van der Waals surface area contributed by atoms with Crippen molar-refractivity contribution in [3.8, 4) is 11.5 Å². The maximum Gasteiger partial charge on any atom is 0.573 e. The summed E-state index contributed by atoms with van der Waals surface area (Å²) in [6.45, 7) is 0. The number of hydrogen-bond donors (Lipinski definition) is 1. The van der Waals surface area contributed by atoms with Gasteiger partial charge < -0.3 is 14.6 Å². The topological polar surface area (TPSA) is 55.8 Å². The Morgan fingerprint density at radius 3 is 2.56 bits per heavy atom. The molecule has 0 aromatic heterocycles. The van der Waals surface area contributed by atoms with Gasteiger partial charge in [-0.25, -0.2) is 4.79 Å². The zero-order valence-corrected chi connectivity index (χ0v) is 9.19. The van der Waals surface area contributed by atoms with Crippen LogP contribution in [-0.2, 0) is 4.79 Å². The molecule has 0 aliphatic carbocycles. The fourth-order valence-electron chi connectivity index (χ4n) is 1.19. The van der Waals surface area contributed by atoms with E-state index in [4.69, 9.17) is 9.84 Å². The van der Waals surface area contributed by atoms with E-state index in [1.165, 1.54) is 19.3 Å². The van der Waals surface area contributed by atoms with Crippen LogP contribution in [0.25, 0.3) is 6.08 Å². The van der Waals surface area contributed by atoms with Gasteiger partial charge in [-0.3, -0.25) is 0 Å². The molecule has 18 heavy (non-hydrogen) atoms. The first-order valence-electron chi connectivity index (χ1n) is 4.66. The lowest BCUT2D eigenvalue weighted by Gasteiger charge is -2.11. The van der Waals surface area contributed by atoms with Crippen molar-refractivity contribution in [2.75, 3.05) is 7.11 Å². The molecule has 1 aromatic carbocycles. The van der Waals surface area contributed by atoms with E-state index in [1.54, 1.807) is 0 Å². The normalized spacial score (nSPS) is 11.6. The summed E-state index contributed by atoms with van der Waals surface area (Å²) in [4.78, 5) is 10.3. The highest BCUT2D eigenvalue weighted by Gasteiger charge is 2.31. The molecule has 0 aliphatic rings. The third-order valence-electron chi connectivity index (χ3n) is 1.84. The van der Waals surface area contributed by atoms with Crippen molar-refractivity contribution in [2.24, 2.45) is 0 Å². The van der Waals surface area contributed by atoms with Crippen molar-refractivity contribution >= 4 is 12.0 Å². The first-order chi connectivity index (χ1) is 8.31. The van der Waals surface area contributed by atoms with Crippen LogP contribution in [0.1, 0.15) is 5.56 Å². The molecule has 0 unspecified atom stereocenters. The average Bonchev–Trinajstić information content (AvgIpc) is 2.24. The van der Waals surface area contributed by atoms with Crippen LogP contribution in [0.3, 0.4) is 0 Å². The second-order valence-corrected chi connectivity index (χ2v) is 3.12. The maximum atomic E-state index is 12.0. The first kappa shape index (κ1) is 13.9. The third-order valence-corrected chi connectivity index (χ3v) is 1.84. The molecule has 0 radical (unpaired) electrons. The van der Waals surface area contributed by atoms with Gasteiger partial charge in [0.2, 0.25) is 0 Å². The summed E-state index contributed by atoms with van der Waals surface area (Å²) < 4.78 is 44.5. The quantitative estimate of drug-likeness (QED) is 0.847. The molecule has 1 aromatic rings. The molecular weight excluding hydrogens is 253 g/mol. The van der Waals surface area contributed by atoms with Gasteiger partial charge in [0, 0.05) is 17.7 Å². The Morgan fingerprint density at radius 1 is 1.39 bits per heavy atom. The minimum Gasteiger partial charge on any atom is -0.496 e. The fraction of sp³-hybridized carbons (Fsp3) is 0.182. The molecule has 0 amide bonds. The lowest BCUT2D eigenvalue weighted by molar-refractivity contribution is -0.274. The predicted molar refractivity (Wildman–Crippen MR) is 56.3 cm³/mol. The molecule has 0 spiro atoms. The summed E-state index contributed by atoms with van der Waals surface area (Å²) in [6.07, 6.45) is -2.73. The Kier molecular flexibility index (Phi) is 4.19. The molecule has 0 heterocycles. The monoisotopic (exact) mass is 262 g/mol. The lowest BCUT2D eigenvalue weighted by atomic mass is 10.2. The van der Waals surface area contributed by atoms with Crippen LogP contribution in [0, 0.1) is 0 Å². The maximum absolute atomic E-state index is 12.0. The molecule has 98 valence electrons. The number of carbonyl (C=O) groups is 1. The summed E-state index contributed by atoms with van der Waals surface area (Å²) in [6, 6.07) is 3.35. The first-order valence-corrected chi connectivity index (χ1v) is 4.66. The Morgan fingerprint density at radius 2 is 2.06 bits per heavy atom. The number of carboxylic acids is 1. The van der Waals surface area contributed by atoms with Crippen LogP contribution >= 0.6 is 0 Å². The van der Waals surface area contributed by atoms with Crippen LogP contribution in [0.15, 0.2) is 24.3 Å². The molecule has 1 rings (SSSR count). The number of halogens is 3. The van der Waals surface area contributed by atoms with Gasteiger partial charge in [-0.15, -0.1) is 13.2 Å². The number of hydrogen-bond acceptors (Lipinski definition) is 3. The van der Waals surface area contributed by atoms with Crippen LogP contribution < -0.4 is 9.47 Å². The summed E-state index contributed by atoms with van der Waals surface area (Å²) >= 11 is 0. The van der Waals surface area contributed by atoms with Gasteiger partial charge in [-0.1, -0.05) is 0 Å². The zero-order chi connectivity index (χ0) is 13.8. The van der Waals surface area contributed by atoms with E-state index >= 15 is 0 Å². The van der Waals surface area contributed by atoms with Gasteiger partial charge >= 0.3 is 12.3 Å². The molecule has 1 N–H and O–H groups in total. The predicted octanol–water partition coefficient (Wildman–Crippen LogP) is 2.69. The Labute approximate surface area is 100 Å². The smallest absolute Gasteiger partial charge is 0.496 e.